The van der Waals surface area contributed by atoms with Crippen LogP contribution in [0.1, 0.15) is 24.0 Å². The van der Waals surface area contributed by atoms with Crippen LogP contribution in [0, 0.1) is 6.92 Å². The van der Waals surface area contributed by atoms with Gasteiger partial charge in [-0.2, -0.15) is 0 Å². The van der Waals surface area contributed by atoms with Gasteiger partial charge in [-0.1, -0.05) is 29.8 Å². The molecular weight excluding hydrogens is 290 g/mol. The van der Waals surface area contributed by atoms with Crippen LogP contribution in [0.15, 0.2) is 35.5 Å². The molecule has 0 saturated carbocycles. The highest BCUT2D eigenvalue weighted by atomic mass is 16.5. The Bertz CT molecular complexity index is 574. The van der Waals surface area contributed by atoms with Gasteiger partial charge in [0.05, 0.1) is 5.70 Å². The molecule has 2 rings (SSSR count). The summed E-state index contributed by atoms with van der Waals surface area (Å²) in [6.07, 6.45) is 3.49. The third-order valence-electron chi connectivity index (χ3n) is 4.18. The van der Waals surface area contributed by atoms with E-state index in [1.807, 2.05) is 38.2 Å². The standard InChI is InChI=1S/C18H25N3O2/c1-14-5-7-15(8-6-14)17(19-2)13-20(3)18(22)21(4)16-9-11-23-12-10-16/h5-8,13,16H,2,9-12H2,1,3-4H3. The molecular formula is C18H25N3O2. The Morgan fingerprint density at radius 2 is 1.87 bits per heavy atom. The second-order valence-corrected chi connectivity index (χ2v) is 5.89. The Kier molecular flexibility index (Phi) is 5.93. The fraction of sp³-hybridized carbons (Fsp3) is 0.444. The molecule has 5 nitrogen and oxygen atoms in total. The zero-order valence-electron chi connectivity index (χ0n) is 14.2. The average molecular weight is 315 g/mol. The van der Waals surface area contributed by atoms with Gasteiger partial charge in [-0.3, -0.25) is 4.99 Å². The van der Waals surface area contributed by atoms with E-state index in [1.165, 1.54) is 5.56 Å². The van der Waals surface area contributed by atoms with Gasteiger partial charge < -0.3 is 14.5 Å². The number of aliphatic imine (C=N–C) groups is 1. The predicted molar refractivity (Wildman–Crippen MR) is 93.5 cm³/mol. The van der Waals surface area contributed by atoms with Gasteiger partial charge in [0.1, 0.15) is 0 Å². The lowest BCUT2D eigenvalue weighted by Crippen LogP contribution is -2.45. The zero-order valence-corrected chi connectivity index (χ0v) is 14.2. The molecule has 0 N–H and O–H groups in total. The fourth-order valence-corrected chi connectivity index (χ4v) is 2.65. The summed E-state index contributed by atoms with van der Waals surface area (Å²) in [6, 6.07) is 8.18. The van der Waals surface area contributed by atoms with Crippen molar-refractivity contribution in [1.82, 2.24) is 9.80 Å². The van der Waals surface area contributed by atoms with Crippen LogP contribution < -0.4 is 0 Å². The van der Waals surface area contributed by atoms with Crippen molar-refractivity contribution in [3.8, 4) is 0 Å². The highest BCUT2D eigenvalue weighted by Crippen LogP contribution is 2.18. The fourth-order valence-electron chi connectivity index (χ4n) is 2.65. The molecule has 0 radical (unpaired) electrons. The summed E-state index contributed by atoms with van der Waals surface area (Å²) in [6.45, 7) is 7.08. The lowest BCUT2D eigenvalue weighted by molar-refractivity contribution is 0.0495. The zero-order chi connectivity index (χ0) is 16.8. The van der Waals surface area contributed by atoms with Gasteiger partial charge in [-0.15, -0.1) is 0 Å². The minimum atomic E-state index is -0.0508. The molecule has 23 heavy (non-hydrogen) atoms. The number of carbonyl (C=O) groups is 1. The van der Waals surface area contributed by atoms with E-state index in [0.29, 0.717) is 18.9 Å². The quantitative estimate of drug-likeness (QED) is 0.801. The molecule has 1 aliphatic heterocycles. The number of rotatable bonds is 4. The van der Waals surface area contributed by atoms with Crippen molar-refractivity contribution >= 4 is 18.4 Å². The van der Waals surface area contributed by atoms with Gasteiger partial charge in [-0.05, 0) is 26.5 Å². The van der Waals surface area contributed by atoms with Crippen LogP contribution >= 0.6 is 0 Å². The molecule has 0 atom stereocenters. The maximum absolute atomic E-state index is 12.6. The number of benzene rings is 1. The van der Waals surface area contributed by atoms with Crippen LogP contribution in [0.5, 0.6) is 0 Å². The van der Waals surface area contributed by atoms with E-state index in [-0.39, 0.29) is 12.1 Å². The van der Waals surface area contributed by atoms with Crippen molar-refractivity contribution in [2.24, 2.45) is 4.99 Å². The summed E-state index contributed by atoms with van der Waals surface area (Å²) in [7, 11) is 3.59. The summed E-state index contributed by atoms with van der Waals surface area (Å²) in [4.78, 5) is 20.0. The van der Waals surface area contributed by atoms with Crippen LogP contribution in [0.3, 0.4) is 0 Å². The molecule has 5 heteroatoms. The van der Waals surface area contributed by atoms with Crippen molar-refractivity contribution in [2.75, 3.05) is 27.3 Å². The topological polar surface area (TPSA) is 45.1 Å². The SMILES string of the molecule is C=NC(=CN(C)C(=O)N(C)C1CCOCC1)c1ccc(C)cc1. The average Bonchev–Trinajstić information content (AvgIpc) is 2.59. The molecule has 1 aliphatic rings. The van der Waals surface area contributed by atoms with Gasteiger partial charge in [-0.25, -0.2) is 4.79 Å². The highest BCUT2D eigenvalue weighted by molar-refractivity contribution is 5.78. The number of aryl methyl sites for hydroxylation is 1. The molecule has 124 valence electrons. The number of urea groups is 1. The summed E-state index contributed by atoms with van der Waals surface area (Å²) < 4.78 is 5.35. The van der Waals surface area contributed by atoms with E-state index in [2.05, 4.69) is 11.7 Å². The van der Waals surface area contributed by atoms with E-state index in [1.54, 1.807) is 23.0 Å². The number of amides is 2. The first-order valence-corrected chi connectivity index (χ1v) is 7.86. The van der Waals surface area contributed by atoms with Crippen LogP contribution in [-0.2, 0) is 4.74 Å². The third kappa shape index (κ3) is 4.42. The molecule has 0 spiro atoms. The summed E-state index contributed by atoms with van der Waals surface area (Å²) in [5, 5.41) is 0. The van der Waals surface area contributed by atoms with Crippen molar-refractivity contribution < 1.29 is 9.53 Å². The lowest BCUT2D eigenvalue weighted by atomic mass is 10.1. The lowest BCUT2D eigenvalue weighted by Gasteiger charge is -2.33. The van der Waals surface area contributed by atoms with E-state index in [0.717, 1.165) is 18.4 Å². The molecule has 0 unspecified atom stereocenters. The smallest absolute Gasteiger partial charge is 0.323 e. The molecule has 1 aromatic rings. The summed E-state index contributed by atoms with van der Waals surface area (Å²) >= 11 is 0. The van der Waals surface area contributed by atoms with Crippen molar-refractivity contribution in [3.63, 3.8) is 0 Å². The van der Waals surface area contributed by atoms with E-state index in [9.17, 15) is 4.79 Å². The van der Waals surface area contributed by atoms with Crippen molar-refractivity contribution in [1.29, 1.82) is 0 Å². The summed E-state index contributed by atoms with van der Waals surface area (Å²) in [5.74, 6) is 0. The number of ether oxygens (including phenoxy) is 1. The number of hydrogen-bond donors (Lipinski definition) is 0. The number of hydrogen-bond acceptors (Lipinski definition) is 3. The normalized spacial score (nSPS) is 16.0. The second-order valence-electron chi connectivity index (χ2n) is 5.89. The van der Waals surface area contributed by atoms with Crippen molar-refractivity contribution in [2.45, 2.75) is 25.8 Å². The molecule has 0 aromatic heterocycles. The van der Waals surface area contributed by atoms with Gasteiger partial charge in [0.2, 0.25) is 0 Å². The van der Waals surface area contributed by atoms with Crippen LogP contribution in [0.2, 0.25) is 0 Å². The Balaban J connectivity index is 2.10. The number of nitrogens with zero attached hydrogens (tertiary/aromatic N) is 3. The molecule has 0 bridgehead atoms. The first kappa shape index (κ1) is 17.2. The molecule has 1 saturated heterocycles. The largest absolute Gasteiger partial charge is 0.381 e. The predicted octanol–water partition coefficient (Wildman–Crippen LogP) is 3.16. The highest BCUT2D eigenvalue weighted by Gasteiger charge is 2.24. The summed E-state index contributed by atoms with van der Waals surface area (Å²) in [5.41, 5.74) is 2.81. The van der Waals surface area contributed by atoms with Gasteiger partial charge >= 0.3 is 6.03 Å². The maximum Gasteiger partial charge on any atom is 0.323 e. The molecule has 1 aromatic carbocycles. The minimum absolute atomic E-state index is 0.0508. The minimum Gasteiger partial charge on any atom is -0.381 e. The Hall–Kier alpha value is -2.14. The van der Waals surface area contributed by atoms with Crippen LogP contribution in [0.25, 0.3) is 5.70 Å². The van der Waals surface area contributed by atoms with Gasteiger partial charge in [0.25, 0.3) is 0 Å². The Labute approximate surface area is 138 Å². The van der Waals surface area contributed by atoms with Crippen LogP contribution in [-0.4, -0.2) is 55.9 Å². The van der Waals surface area contributed by atoms with Crippen molar-refractivity contribution in [3.05, 3.63) is 41.6 Å². The molecule has 1 fully saturated rings. The Morgan fingerprint density at radius 1 is 1.26 bits per heavy atom. The molecule has 2 amide bonds. The van der Waals surface area contributed by atoms with E-state index < -0.39 is 0 Å². The maximum atomic E-state index is 12.6. The van der Waals surface area contributed by atoms with Gasteiger partial charge in [0, 0.05) is 45.1 Å². The van der Waals surface area contributed by atoms with E-state index in [4.69, 9.17) is 4.74 Å². The van der Waals surface area contributed by atoms with Crippen LogP contribution in [0.4, 0.5) is 4.79 Å². The second kappa shape index (κ2) is 7.92. The monoisotopic (exact) mass is 315 g/mol. The first-order chi connectivity index (χ1) is 11.0. The molecule has 0 aliphatic carbocycles. The molecule has 1 heterocycles. The van der Waals surface area contributed by atoms with Gasteiger partial charge in [0.15, 0.2) is 0 Å². The Morgan fingerprint density at radius 3 is 2.43 bits per heavy atom. The first-order valence-electron chi connectivity index (χ1n) is 7.86. The number of carbonyl (C=O) groups excluding carboxylic acids is 1. The van der Waals surface area contributed by atoms with E-state index >= 15 is 0 Å². The third-order valence-corrected chi connectivity index (χ3v) is 4.18.